The van der Waals surface area contributed by atoms with Crippen molar-refractivity contribution in [1.29, 1.82) is 5.26 Å². The Labute approximate surface area is 128 Å². The van der Waals surface area contributed by atoms with Gasteiger partial charge in [-0.25, -0.2) is 9.59 Å². The third-order valence-electron chi connectivity index (χ3n) is 3.30. The number of hydrogen-bond acceptors (Lipinski definition) is 7. The highest BCUT2D eigenvalue weighted by Crippen LogP contribution is 2.25. The predicted molar refractivity (Wildman–Crippen MR) is 74.1 cm³/mol. The van der Waals surface area contributed by atoms with Crippen molar-refractivity contribution in [2.24, 2.45) is 11.8 Å². The molecule has 1 aliphatic heterocycles. The Hall–Kier alpha value is -2.36. The fraction of sp³-hybridized carbons (Fsp3) is 0.600. The quantitative estimate of drug-likeness (QED) is 0.394. The molecule has 120 valence electrons. The number of nitrogens with zero attached hydrogens (tertiary/aromatic N) is 1. The summed E-state index contributed by atoms with van der Waals surface area (Å²) in [5, 5.41) is 9.16. The average molecular weight is 309 g/mol. The Morgan fingerprint density at radius 3 is 2.73 bits per heavy atom. The van der Waals surface area contributed by atoms with Gasteiger partial charge in [-0.15, -0.1) is 0 Å². The summed E-state index contributed by atoms with van der Waals surface area (Å²) in [7, 11) is 0. The lowest BCUT2D eigenvalue weighted by Gasteiger charge is -2.19. The van der Waals surface area contributed by atoms with Crippen LogP contribution < -0.4 is 0 Å². The highest BCUT2D eigenvalue weighted by Gasteiger charge is 2.32. The van der Waals surface area contributed by atoms with Gasteiger partial charge in [0.05, 0.1) is 24.5 Å². The SMILES string of the molecule is C=C(C)C(=O)OCC(=O)OC(C)C(C#N)CC1CCOC1=O. The first kappa shape index (κ1) is 17.7. The number of carbonyl (C=O) groups excluding carboxylic acids is 3. The van der Waals surface area contributed by atoms with Crippen LogP contribution in [-0.4, -0.2) is 37.2 Å². The summed E-state index contributed by atoms with van der Waals surface area (Å²) in [6.45, 7) is 6.22. The maximum absolute atomic E-state index is 11.6. The summed E-state index contributed by atoms with van der Waals surface area (Å²) in [6.07, 6.45) is 0.123. The third kappa shape index (κ3) is 5.20. The molecule has 1 saturated heterocycles. The van der Waals surface area contributed by atoms with E-state index in [1.165, 1.54) is 6.92 Å². The van der Waals surface area contributed by atoms with Crippen LogP contribution in [0.5, 0.6) is 0 Å². The molecule has 0 N–H and O–H groups in total. The summed E-state index contributed by atoms with van der Waals surface area (Å²) in [4.78, 5) is 34.1. The zero-order chi connectivity index (χ0) is 16.7. The third-order valence-corrected chi connectivity index (χ3v) is 3.30. The van der Waals surface area contributed by atoms with E-state index in [1.807, 2.05) is 6.07 Å². The fourth-order valence-electron chi connectivity index (χ4n) is 1.98. The first-order chi connectivity index (χ1) is 10.3. The molecule has 7 heteroatoms. The van der Waals surface area contributed by atoms with E-state index in [-0.39, 0.29) is 23.9 Å². The predicted octanol–water partition coefficient (Wildman–Crippen LogP) is 1.13. The van der Waals surface area contributed by atoms with Crippen LogP contribution in [0.25, 0.3) is 0 Å². The van der Waals surface area contributed by atoms with E-state index in [0.717, 1.165) is 0 Å². The lowest BCUT2D eigenvalue weighted by Crippen LogP contribution is -2.28. The molecule has 0 aliphatic carbocycles. The van der Waals surface area contributed by atoms with Gasteiger partial charge in [0.15, 0.2) is 6.61 Å². The number of hydrogen-bond donors (Lipinski definition) is 0. The van der Waals surface area contributed by atoms with Gasteiger partial charge in [-0.05, 0) is 26.7 Å². The normalized spacial score (nSPS) is 19.5. The van der Waals surface area contributed by atoms with Crippen LogP contribution >= 0.6 is 0 Å². The van der Waals surface area contributed by atoms with Gasteiger partial charge in [-0.1, -0.05) is 6.58 Å². The molecule has 22 heavy (non-hydrogen) atoms. The van der Waals surface area contributed by atoms with Gasteiger partial charge in [0.25, 0.3) is 0 Å². The van der Waals surface area contributed by atoms with Crippen molar-refractivity contribution in [2.75, 3.05) is 13.2 Å². The highest BCUT2D eigenvalue weighted by atomic mass is 16.6. The van der Waals surface area contributed by atoms with Gasteiger partial charge >= 0.3 is 17.9 Å². The Morgan fingerprint density at radius 1 is 1.55 bits per heavy atom. The van der Waals surface area contributed by atoms with E-state index >= 15 is 0 Å². The molecule has 3 unspecified atom stereocenters. The topological polar surface area (TPSA) is 103 Å². The van der Waals surface area contributed by atoms with Gasteiger partial charge in [0.1, 0.15) is 6.10 Å². The van der Waals surface area contributed by atoms with E-state index in [4.69, 9.17) is 14.7 Å². The lowest BCUT2D eigenvalue weighted by molar-refractivity contribution is -0.161. The molecule has 0 aromatic heterocycles. The molecule has 7 nitrogen and oxygen atoms in total. The standard InChI is InChI=1S/C15H19NO6/c1-9(2)14(18)21-8-13(17)22-10(3)12(7-16)6-11-4-5-20-15(11)19/h10-12H,1,4-6,8H2,2-3H3. The maximum atomic E-state index is 11.6. The van der Waals surface area contributed by atoms with E-state index < -0.39 is 30.6 Å². The molecule has 0 aromatic carbocycles. The molecule has 3 atom stereocenters. The van der Waals surface area contributed by atoms with Crippen LogP contribution in [0, 0.1) is 23.2 Å². The highest BCUT2D eigenvalue weighted by molar-refractivity contribution is 5.88. The molecular formula is C15H19NO6. The largest absolute Gasteiger partial charge is 0.465 e. The molecule has 0 radical (unpaired) electrons. The second-order valence-corrected chi connectivity index (χ2v) is 5.18. The summed E-state index contributed by atoms with van der Waals surface area (Å²) in [5.74, 6) is -2.73. The summed E-state index contributed by atoms with van der Waals surface area (Å²) >= 11 is 0. The molecule has 1 rings (SSSR count). The minimum absolute atomic E-state index is 0.176. The van der Waals surface area contributed by atoms with Crippen molar-refractivity contribution >= 4 is 17.9 Å². The Kier molecular flexibility index (Phi) is 6.57. The number of cyclic esters (lactones) is 1. The van der Waals surface area contributed by atoms with Crippen LogP contribution in [0.1, 0.15) is 26.7 Å². The second kappa shape index (κ2) is 8.17. The molecule has 0 aromatic rings. The molecule has 0 bridgehead atoms. The molecule has 1 fully saturated rings. The molecule has 0 spiro atoms. The van der Waals surface area contributed by atoms with E-state index in [2.05, 4.69) is 11.3 Å². The molecule has 1 heterocycles. The van der Waals surface area contributed by atoms with Gasteiger partial charge in [-0.2, -0.15) is 5.26 Å². The number of carbonyl (C=O) groups is 3. The number of ether oxygens (including phenoxy) is 3. The van der Waals surface area contributed by atoms with Crippen molar-refractivity contribution in [3.8, 4) is 6.07 Å². The summed E-state index contributed by atoms with van der Waals surface area (Å²) in [5.41, 5.74) is 0.176. The van der Waals surface area contributed by atoms with Gasteiger partial charge in [0.2, 0.25) is 0 Å². The smallest absolute Gasteiger partial charge is 0.344 e. The minimum atomic E-state index is -0.753. The lowest BCUT2D eigenvalue weighted by atomic mass is 9.91. The van der Waals surface area contributed by atoms with Crippen LogP contribution in [0.15, 0.2) is 12.2 Å². The Balaban J connectivity index is 2.44. The van der Waals surface area contributed by atoms with E-state index in [9.17, 15) is 14.4 Å². The van der Waals surface area contributed by atoms with Gasteiger partial charge < -0.3 is 14.2 Å². The molecule has 0 amide bonds. The maximum Gasteiger partial charge on any atom is 0.344 e. The van der Waals surface area contributed by atoms with Crippen molar-refractivity contribution in [3.05, 3.63) is 12.2 Å². The van der Waals surface area contributed by atoms with Gasteiger partial charge in [0, 0.05) is 5.57 Å². The number of esters is 3. The Bertz CT molecular complexity index is 507. The van der Waals surface area contributed by atoms with Gasteiger partial charge in [-0.3, -0.25) is 4.79 Å². The summed E-state index contributed by atoms with van der Waals surface area (Å²) in [6, 6.07) is 2.03. The van der Waals surface area contributed by atoms with Crippen LogP contribution in [0.3, 0.4) is 0 Å². The first-order valence-corrected chi connectivity index (χ1v) is 6.93. The van der Waals surface area contributed by atoms with Crippen molar-refractivity contribution in [2.45, 2.75) is 32.8 Å². The van der Waals surface area contributed by atoms with Crippen molar-refractivity contribution in [3.63, 3.8) is 0 Å². The van der Waals surface area contributed by atoms with Crippen molar-refractivity contribution < 1.29 is 28.6 Å². The second-order valence-electron chi connectivity index (χ2n) is 5.18. The van der Waals surface area contributed by atoms with Crippen molar-refractivity contribution in [1.82, 2.24) is 0 Å². The van der Waals surface area contributed by atoms with E-state index in [0.29, 0.717) is 13.0 Å². The molecular weight excluding hydrogens is 290 g/mol. The minimum Gasteiger partial charge on any atom is -0.465 e. The van der Waals surface area contributed by atoms with E-state index in [1.54, 1.807) is 6.92 Å². The van der Waals surface area contributed by atoms with Crippen LogP contribution in [0.4, 0.5) is 0 Å². The zero-order valence-corrected chi connectivity index (χ0v) is 12.7. The Morgan fingerprint density at radius 2 is 2.23 bits per heavy atom. The number of rotatable bonds is 7. The number of nitriles is 1. The average Bonchev–Trinajstić information content (AvgIpc) is 2.86. The molecule has 1 aliphatic rings. The monoisotopic (exact) mass is 309 g/mol. The summed E-state index contributed by atoms with van der Waals surface area (Å²) < 4.78 is 14.6. The first-order valence-electron chi connectivity index (χ1n) is 6.93. The zero-order valence-electron chi connectivity index (χ0n) is 12.7. The molecule has 0 saturated carbocycles. The fourth-order valence-corrected chi connectivity index (χ4v) is 1.98. The van der Waals surface area contributed by atoms with Crippen LogP contribution in [-0.2, 0) is 28.6 Å². The van der Waals surface area contributed by atoms with Crippen LogP contribution in [0.2, 0.25) is 0 Å².